The van der Waals surface area contributed by atoms with E-state index in [-0.39, 0.29) is 5.38 Å². The molecule has 0 aliphatic rings. The molecule has 1 heterocycles. The fraction of sp³-hybridized carbons (Fsp3) is 0.278. The molecule has 2 nitrogen and oxygen atoms in total. The van der Waals surface area contributed by atoms with Crippen molar-refractivity contribution in [3.8, 4) is 0 Å². The van der Waals surface area contributed by atoms with Gasteiger partial charge in [0, 0.05) is 6.54 Å². The topological polar surface area (TPSA) is 17.8 Å². The maximum Gasteiger partial charge on any atom is 0.128 e. The van der Waals surface area contributed by atoms with Gasteiger partial charge in [0.05, 0.1) is 16.4 Å². The molecule has 0 bridgehead atoms. The number of halogens is 1. The second-order valence-electron chi connectivity index (χ2n) is 5.60. The number of benzene rings is 2. The SMILES string of the molecule is Cc1cccc(Cn2c(C(C)Cl)nc3c(C)cccc32)c1. The van der Waals surface area contributed by atoms with Crippen molar-refractivity contribution >= 4 is 22.6 Å². The zero-order chi connectivity index (χ0) is 15.0. The average molecular weight is 299 g/mol. The number of nitrogens with zero attached hydrogens (tertiary/aromatic N) is 2. The lowest BCUT2D eigenvalue weighted by Crippen LogP contribution is -2.05. The Morgan fingerprint density at radius 3 is 2.62 bits per heavy atom. The van der Waals surface area contributed by atoms with Crippen LogP contribution in [-0.2, 0) is 6.54 Å². The van der Waals surface area contributed by atoms with Crippen LogP contribution in [0.5, 0.6) is 0 Å². The molecule has 0 saturated heterocycles. The van der Waals surface area contributed by atoms with Crippen LogP contribution in [0, 0.1) is 13.8 Å². The molecule has 3 aromatic rings. The summed E-state index contributed by atoms with van der Waals surface area (Å²) in [6, 6.07) is 14.9. The summed E-state index contributed by atoms with van der Waals surface area (Å²) in [5.41, 5.74) is 5.93. The number of alkyl halides is 1. The van der Waals surface area contributed by atoms with Crippen molar-refractivity contribution in [1.29, 1.82) is 0 Å². The number of hydrogen-bond acceptors (Lipinski definition) is 1. The first kappa shape index (κ1) is 14.2. The molecule has 0 radical (unpaired) electrons. The largest absolute Gasteiger partial charge is 0.322 e. The van der Waals surface area contributed by atoms with E-state index in [1.807, 2.05) is 6.92 Å². The molecule has 1 unspecified atom stereocenters. The standard InChI is InChI=1S/C18H19ClN2/c1-12-6-4-8-15(10-12)11-21-16-9-5-7-13(2)17(16)20-18(21)14(3)19/h4-10,14H,11H2,1-3H3. The van der Waals surface area contributed by atoms with Gasteiger partial charge >= 0.3 is 0 Å². The first-order valence-electron chi connectivity index (χ1n) is 7.21. The summed E-state index contributed by atoms with van der Waals surface area (Å²) in [5, 5.41) is -0.110. The molecule has 0 saturated carbocycles. The smallest absolute Gasteiger partial charge is 0.128 e. The van der Waals surface area contributed by atoms with Gasteiger partial charge in [-0.05, 0) is 38.0 Å². The third-order valence-electron chi connectivity index (χ3n) is 3.79. The third-order valence-corrected chi connectivity index (χ3v) is 3.98. The second kappa shape index (κ2) is 5.53. The van der Waals surface area contributed by atoms with Crippen molar-refractivity contribution in [2.75, 3.05) is 0 Å². The van der Waals surface area contributed by atoms with Gasteiger partial charge in [-0.25, -0.2) is 4.98 Å². The summed E-state index contributed by atoms with van der Waals surface area (Å²) in [7, 11) is 0. The minimum absolute atomic E-state index is 0.110. The highest BCUT2D eigenvalue weighted by Crippen LogP contribution is 2.27. The molecule has 0 aliphatic heterocycles. The Balaban J connectivity index is 2.16. The van der Waals surface area contributed by atoms with Crippen LogP contribution in [-0.4, -0.2) is 9.55 Å². The minimum Gasteiger partial charge on any atom is -0.322 e. The normalized spacial score (nSPS) is 12.8. The molecule has 0 amide bonds. The van der Waals surface area contributed by atoms with Crippen LogP contribution in [0.2, 0.25) is 0 Å². The van der Waals surface area contributed by atoms with Crippen LogP contribution >= 0.6 is 11.6 Å². The number of imidazole rings is 1. The van der Waals surface area contributed by atoms with E-state index in [2.05, 4.69) is 60.9 Å². The van der Waals surface area contributed by atoms with Gasteiger partial charge in [0.2, 0.25) is 0 Å². The Morgan fingerprint density at radius 1 is 1.14 bits per heavy atom. The molecule has 21 heavy (non-hydrogen) atoms. The van der Waals surface area contributed by atoms with Gasteiger partial charge in [-0.15, -0.1) is 11.6 Å². The molecule has 3 heteroatoms. The molecular weight excluding hydrogens is 280 g/mol. The third kappa shape index (κ3) is 2.68. The molecular formula is C18H19ClN2. The number of aryl methyl sites for hydroxylation is 2. The fourth-order valence-electron chi connectivity index (χ4n) is 2.77. The van der Waals surface area contributed by atoms with Gasteiger partial charge in [-0.2, -0.15) is 0 Å². The van der Waals surface area contributed by atoms with E-state index in [1.54, 1.807) is 0 Å². The van der Waals surface area contributed by atoms with Crippen molar-refractivity contribution < 1.29 is 0 Å². The van der Waals surface area contributed by atoms with Crippen LogP contribution in [0.15, 0.2) is 42.5 Å². The second-order valence-corrected chi connectivity index (χ2v) is 6.26. The lowest BCUT2D eigenvalue weighted by Gasteiger charge is -2.11. The van der Waals surface area contributed by atoms with E-state index in [0.717, 1.165) is 23.4 Å². The van der Waals surface area contributed by atoms with Crippen LogP contribution in [0.25, 0.3) is 11.0 Å². The van der Waals surface area contributed by atoms with Gasteiger partial charge < -0.3 is 4.57 Å². The van der Waals surface area contributed by atoms with E-state index < -0.39 is 0 Å². The molecule has 0 N–H and O–H groups in total. The molecule has 2 aromatic carbocycles. The van der Waals surface area contributed by atoms with Crippen LogP contribution in [0.1, 0.15) is 34.8 Å². The van der Waals surface area contributed by atoms with Gasteiger partial charge in [0.25, 0.3) is 0 Å². The average Bonchev–Trinajstić information content (AvgIpc) is 2.80. The first-order valence-corrected chi connectivity index (χ1v) is 7.65. The fourth-order valence-corrected chi connectivity index (χ4v) is 2.93. The van der Waals surface area contributed by atoms with E-state index in [1.165, 1.54) is 16.7 Å². The highest BCUT2D eigenvalue weighted by Gasteiger charge is 2.16. The summed E-state index contributed by atoms with van der Waals surface area (Å²) < 4.78 is 2.23. The quantitative estimate of drug-likeness (QED) is 0.622. The van der Waals surface area contributed by atoms with Crippen LogP contribution < -0.4 is 0 Å². The van der Waals surface area contributed by atoms with Crippen molar-refractivity contribution in [2.45, 2.75) is 32.7 Å². The number of para-hydroxylation sites is 1. The number of fused-ring (bicyclic) bond motifs is 1. The molecule has 1 aromatic heterocycles. The Hall–Kier alpha value is -1.80. The molecule has 108 valence electrons. The molecule has 0 spiro atoms. The summed E-state index contributed by atoms with van der Waals surface area (Å²) in [6.07, 6.45) is 0. The van der Waals surface area contributed by atoms with Crippen LogP contribution in [0.3, 0.4) is 0 Å². The number of aromatic nitrogens is 2. The van der Waals surface area contributed by atoms with Gasteiger partial charge in [-0.3, -0.25) is 0 Å². The summed E-state index contributed by atoms with van der Waals surface area (Å²) in [4.78, 5) is 4.76. The summed E-state index contributed by atoms with van der Waals surface area (Å²) >= 11 is 6.35. The van der Waals surface area contributed by atoms with Crippen LogP contribution in [0.4, 0.5) is 0 Å². The monoisotopic (exact) mass is 298 g/mol. The van der Waals surface area contributed by atoms with Crippen molar-refractivity contribution in [3.05, 3.63) is 65.0 Å². The highest BCUT2D eigenvalue weighted by atomic mass is 35.5. The first-order chi connectivity index (χ1) is 10.1. The van der Waals surface area contributed by atoms with Crippen molar-refractivity contribution in [1.82, 2.24) is 9.55 Å². The van der Waals surface area contributed by atoms with E-state index in [9.17, 15) is 0 Å². The van der Waals surface area contributed by atoms with Gasteiger partial charge in [0.15, 0.2) is 0 Å². The maximum absolute atomic E-state index is 6.35. The van der Waals surface area contributed by atoms with Crippen molar-refractivity contribution in [3.63, 3.8) is 0 Å². The zero-order valence-corrected chi connectivity index (χ0v) is 13.4. The lowest BCUT2D eigenvalue weighted by molar-refractivity contribution is 0.742. The van der Waals surface area contributed by atoms with Gasteiger partial charge in [-0.1, -0.05) is 42.0 Å². The number of hydrogen-bond donors (Lipinski definition) is 0. The Bertz CT molecular complexity index is 787. The predicted molar refractivity (Wildman–Crippen MR) is 89.0 cm³/mol. The Labute approximate surface area is 130 Å². The maximum atomic E-state index is 6.35. The Morgan fingerprint density at radius 2 is 1.90 bits per heavy atom. The molecule has 3 rings (SSSR count). The Kier molecular flexibility index (Phi) is 3.73. The van der Waals surface area contributed by atoms with E-state index in [4.69, 9.17) is 16.6 Å². The van der Waals surface area contributed by atoms with E-state index in [0.29, 0.717) is 0 Å². The zero-order valence-electron chi connectivity index (χ0n) is 12.6. The minimum atomic E-state index is -0.110. The van der Waals surface area contributed by atoms with Crippen molar-refractivity contribution in [2.24, 2.45) is 0 Å². The number of rotatable bonds is 3. The van der Waals surface area contributed by atoms with E-state index >= 15 is 0 Å². The molecule has 0 fully saturated rings. The molecule has 1 atom stereocenters. The predicted octanol–water partition coefficient (Wildman–Crippen LogP) is 5.00. The summed E-state index contributed by atoms with van der Waals surface area (Å²) in [6.45, 7) is 6.98. The molecule has 0 aliphatic carbocycles. The summed E-state index contributed by atoms with van der Waals surface area (Å²) in [5.74, 6) is 0.933. The highest BCUT2D eigenvalue weighted by molar-refractivity contribution is 6.20. The van der Waals surface area contributed by atoms with Gasteiger partial charge in [0.1, 0.15) is 5.82 Å². The lowest BCUT2D eigenvalue weighted by atomic mass is 10.1.